The fourth-order valence-electron chi connectivity index (χ4n) is 2.81. The van der Waals surface area contributed by atoms with Crippen LogP contribution in [-0.4, -0.2) is 37.0 Å². The molecule has 1 aromatic rings. The van der Waals surface area contributed by atoms with Crippen LogP contribution in [0.2, 0.25) is 0 Å². The maximum Gasteiger partial charge on any atom is 0.225 e. The highest BCUT2D eigenvalue weighted by Crippen LogP contribution is 2.23. The molecule has 1 amide bonds. The van der Waals surface area contributed by atoms with Crippen LogP contribution in [0.4, 0.5) is 0 Å². The summed E-state index contributed by atoms with van der Waals surface area (Å²) in [6, 6.07) is 4.61. The van der Waals surface area contributed by atoms with Crippen LogP contribution in [0.15, 0.2) is 17.5 Å². The fraction of sp³-hybridized carbons (Fsp3) is 0.688. The smallest absolute Gasteiger partial charge is 0.225 e. The summed E-state index contributed by atoms with van der Waals surface area (Å²) in [5.74, 6) is 0.797. The first-order valence-corrected chi connectivity index (χ1v) is 8.24. The first-order chi connectivity index (χ1) is 9.34. The molecule has 112 valence electrons. The van der Waals surface area contributed by atoms with E-state index in [0.717, 1.165) is 25.9 Å². The van der Waals surface area contributed by atoms with Crippen LogP contribution in [0.1, 0.15) is 32.1 Å². The molecule has 1 aliphatic rings. The van der Waals surface area contributed by atoms with Gasteiger partial charge in [0, 0.05) is 29.4 Å². The number of nitrogens with one attached hydrogen (secondary N) is 1. The van der Waals surface area contributed by atoms with E-state index in [2.05, 4.69) is 34.8 Å². The van der Waals surface area contributed by atoms with Gasteiger partial charge in [0.05, 0.1) is 0 Å². The lowest BCUT2D eigenvalue weighted by Gasteiger charge is -2.37. The summed E-state index contributed by atoms with van der Waals surface area (Å²) in [4.78, 5) is 15.9. The summed E-state index contributed by atoms with van der Waals surface area (Å²) < 4.78 is 0. The zero-order chi connectivity index (χ0) is 14.8. The molecule has 2 rings (SSSR count). The molecule has 2 atom stereocenters. The van der Waals surface area contributed by atoms with Gasteiger partial charge in [-0.25, -0.2) is 0 Å². The molecule has 20 heavy (non-hydrogen) atoms. The lowest BCUT2D eigenvalue weighted by atomic mass is 9.89. The van der Waals surface area contributed by atoms with Gasteiger partial charge in [0.2, 0.25) is 5.91 Å². The summed E-state index contributed by atoms with van der Waals surface area (Å²) in [5, 5.41) is 5.36. The predicted octanol–water partition coefficient (Wildman–Crippen LogP) is 2.77. The second kappa shape index (κ2) is 6.27. The summed E-state index contributed by atoms with van der Waals surface area (Å²) >= 11 is 1.83. The molecule has 1 aromatic heterocycles. The minimum absolute atomic E-state index is 0.160. The van der Waals surface area contributed by atoms with E-state index < -0.39 is 0 Å². The van der Waals surface area contributed by atoms with Crippen molar-refractivity contribution in [1.29, 1.82) is 0 Å². The Morgan fingerprint density at radius 2 is 2.20 bits per heavy atom. The number of carbonyl (C=O) groups is 1. The predicted molar refractivity (Wildman–Crippen MR) is 85.0 cm³/mol. The number of amides is 1. The van der Waals surface area contributed by atoms with Gasteiger partial charge in [-0.2, -0.15) is 0 Å². The van der Waals surface area contributed by atoms with Gasteiger partial charge >= 0.3 is 0 Å². The van der Waals surface area contributed by atoms with Gasteiger partial charge in [0.1, 0.15) is 0 Å². The van der Waals surface area contributed by atoms with Crippen molar-refractivity contribution >= 4 is 17.2 Å². The summed E-state index contributed by atoms with van der Waals surface area (Å²) in [6.07, 6.45) is 2.22. The third kappa shape index (κ3) is 4.32. The Kier molecular flexibility index (Phi) is 4.86. The molecule has 1 fully saturated rings. The Balaban J connectivity index is 1.92. The molecule has 1 saturated heterocycles. The molecule has 0 bridgehead atoms. The molecule has 1 aliphatic heterocycles. The lowest BCUT2D eigenvalue weighted by Crippen LogP contribution is -2.52. The molecule has 2 unspecified atom stereocenters. The largest absolute Gasteiger partial charge is 0.352 e. The molecular weight excluding hydrogens is 268 g/mol. The van der Waals surface area contributed by atoms with Gasteiger partial charge in [-0.1, -0.05) is 26.8 Å². The summed E-state index contributed by atoms with van der Waals surface area (Å²) in [7, 11) is 2.15. The van der Waals surface area contributed by atoms with Gasteiger partial charge in [0.15, 0.2) is 0 Å². The SMILES string of the molecule is CN1CC(Cc2cccs2)CC(NC(=O)C(C)(C)C)C1. The van der Waals surface area contributed by atoms with Crippen molar-refractivity contribution in [3.8, 4) is 0 Å². The zero-order valence-corrected chi connectivity index (χ0v) is 13.8. The first-order valence-electron chi connectivity index (χ1n) is 7.36. The van der Waals surface area contributed by atoms with E-state index in [1.165, 1.54) is 4.88 Å². The normalized spacial score (nSPS) is 24.6. The van der Waals surface area contributed by atoms with Gasteiger partial charge in [0.25, 0.3) is 0 Å². The highest BCUT2D eigenvalue weighted by Gasteiger charge is 2.29. The number of hydrogen-bond donors (Lipinski definition) is 1. The number of thiophene rings is 1. The van der Waals surface area contributed by atoms with Gasteiger partial charge in [-0.15, -0.1) is 11.3 Å². The molecule has 0 spiro atoms. The first kappa shape index (κ1) is 15.5. The van der Waals surface area contributed by atoms with E-state index >= 15 is 0 Å². The van der Waals surface area contributed by atoms with Crippen molar-refractivity contribution in [3.05, 3.63) is 22.4 Å². The molecular formula is C16H26N2OS. The van der Waals surface area contributed by atoms with Crippen LogP contribution in [0, 0.1) is 11.3 Å². The van der Waals surface area contributed by atoms with Gasteiger partial charge < -0.3 is 10.2 Å². The molecule has 3 nitrogen and oxygen atoms in total. The van der Waals surface area contributed by atoms with Crippen molar-refractivity contribution in [3.63, 3.8) is 0 Å². The quantitative estimate of drug-likeness (QED) is 0.929. The van der Waals surface area contributed by atoms with E-state index in [9.17, 15) is 4.79 Å². The van der Waals surface area contributed by atoms with Crippen molar-refractivity contribution in [1.82, 2.24) is 10.2 Å². The molecule has 2 heterocycles. The minimum atomic E-state index is -0.306. The Morgan fingerprint density at radius 3 is 2.80 bits per heavy atom. The summed E-state index contributed by atoms with van der Waals surface area (Å²) in [5.41, 5.74) is -0.306. The van der Waals surface area contributed by atoms with Crippen molar-refractivity contribution in [2.75, 3.05) is 20.1 Å². The minimum Gasteiger partial charge on any atom is -0.352 e. The maximum absolute atomic E-state index is 12.1. The number of nitrogens with zero attached hydrogens (tertiary/aromatic N) is 1. The van der Waals surface area contributed by atoms with Crippen LogP contribution in [0.25, 0.3) is 0 Å². The number of piperidine rings is 1. The molecule has 0 saturated carbocycles. The zero-order valence-electron chi connectivity index (χ0n) is 13.0. The highest BCUT2D eigenvalue weighted by molar-refractivity contribution is 7.09. The van der Waals surface area contributed by atoms with E-state index in [1.54, 1.807) is 0 Å². The molecule has 0 aliphatic carbocycles. The van der Waals surface area contributed by atoms with Gasteiger partial charge in [-0.05, 0) is 37.3 Å². The number of likely N-dealkylation sites (N-methyl/N-ethyl adjacent to an activating group) is 1. The monoisotopic (exact) mass is 294 g/mol. The number of rotatable bonds is 3. The van der Waals surface area contributed by atoms with Crippen LogP contribution in [0.3, 0.4) is 0 Å². The van der Waals surface area contributed by atoms with E-state index in [4.69, 9.17) is 0 Å². The van der Waals surface area contributed by atoms with Crippen molar-refractivity contribution in [2.24, 2.45) is 11.3 Å². The molecule has 4 heteroatoms. The molecule has 0 aromatic carbocycles. The van der Waals surface area contributed by atoms with Gasteiger partial charge in [-0.3, -0.25) is 4.79 Å². The Hall–Kier alpha value is -0.870. The van der Waals surface area contributed by atoms with E-state index in [0.29, 0.717) is 5.92 Å². The van der Waals surface area contributed by atoms with E-state index in [-0.39, 0.29) is 17.4 Å². The Labute approximate surface area is 126 Å². The van der Waals surface area contributed by atoms with Crippen LogP contribution >= 0.6 is 11.3 Å². The average Bonchev–Trinajstić information content (AvgIpc) is 2.79. The standard InChI is InChI=1S/C16H26N2OS/c1-16(2,3)15(19)17-13-8-12(10-18(4)11-13)9-14-6-5-7-20-14/h5-7,12-13H,8-11H2,1-4H3,(H,17,19). The molecule has 1 N–H and O–H groups in total. The maximum atomic E-state index is 12.1. The van der Waals surface area contributed by atoms with Crippen LogP contribution in [0.5, 0.6) is 0 Å². The topological polar surface area (TPSA) is 32.3 Å². The third-order valence-corrected chi connectivity index (χ3v) is 4.70. The number of likely N-dealkylation sites (tertiary alicyclic amines) is 1. The second-order valence-corrected chi connectivity index (χ2v) is 8.06. The average molecular weight is 294 g/mol. The summed E-state index contributed by atoms with van der Waals surface area (Å²) in [6.45, 7) is 8.00. The Bertz CT molecular complexity index is 436. The highest BCUT2D eigenvalue weighted by atomic mass is 32.1. The van der Waals surface area contributed by atoms with Crippen molar-refractivity contribution in [2.45, 2.75) is 39.7 Å². The van der Waals surface area contributed by atoms with Crippen molar-refractivity contribution < 1.29 is 4.79 Å². The van der Waals surface area contributed by atoms with Crippen LogP contribution in [-0.2, 0) is 11.2 Å². The van der Waals surface area contributed by atoms with Crippen LogP contribution < -0.4 is 5.32 Å². The fourth-order valence-corrected chi connectivity index (χ4v) is 3.63. The number of carbonyl (C=O) groups excluding carboxylic acids is 1. The molecule has 0 radical (unpaired) electrons. The van der Waals surface area contributed by atoms with E-state index in [1.807, 2.05) is 32.1 Å². The second-order valence-electron chi connectivity index (χ2n) is 7.03. The third-order valence-electron chi connectivity index (χ3n) is 3.81. The lowest BCUT2D eigenvalue weighted by molar-refractivity contribution is -0.129. The number of hydrogen-bond acceptors (Lipinski definition) is 3. The Morgan fingerprint density at radius 1 is 1.45 bits per heavy atom.